The molecule has 9 nitrogen and oxygen atoms in total. The molecule has 0 aromatic heterocycles. The van der Waals surface area contributed by atoms with Crippen molar-refractivity contribution in [3.05, 3.63) is 77.1 Å². The molecule has 1 aromatic carbocycles. The molecule has 1 amide bonds. The molecule has 0 saturated heterocycles. The van der Waals surface area contributed by atoms with Gasteiger partial charge in [0, 0.05) is 6.42 Å². The van der Waals surface area contributed by atoms with Crippen molar-refractivity contribution in [2.24, 2.45) is 5.92 Å². The van der Waals surface area contributed by atoms with Crippen molar-refractivity contribution >= 4 is 17.8 Å². The molecule has 47 heavy (non-hydrogen) atoms. The van der Waals surface area contributed by atoms with Crippen molar-refractivity contribution in [3.63, 3.8) is 0 Å². The van der Waals surface area contributed by atoms with E-state index < -0.39 is 47.6 Å². The maximum Gasteiger partial charge on any atom is 0.326 e. The Labute approximate surface area is 280 Å². The van der Waals surface area contributed by atoms with Crippen LogP contribution in [0.5, 0.6) is 5.75 Å². The average molecular weight is 654 g/mol. The molecule has 0 fully saturated rings. The maximum absolute atomic E-state index is 13.5. The molecule has 2 rings (SSSR count). The fourth-order valence-electron chi connectivity index (χ4n) is 5.72. The minimum absolute atomic E-state index is 0.0524. The number of ether oxygens (including phenoxy) is 1. The van der Waals surface area contributed by atoms with Crippen LogP contribution < -0.4 is 10.1 Å². The summed E-state index contributed by atoms with van der Waals surface area (Å²) in [6.45, 7) is 10.8. The molecule has 0 unspecified atom stereocenters. The van der Waals surface area contributed by atoms with Gasteiger partial charge in [-0.1, -0.05) is 81.4 Å². The monoisotopic (exact) mass is 653 g/mol. The predicted octanol–water partition coefficient (Wildman–Crippen LogP) is 7.60. The van der Waals surface area contributed by atoms with Crippen LogP contribution >= 0.6 is 0 Å². The van der Waals surface area contributed by atoms with E-state index in [2.05, 4.69) is 18.8 Å². The number of carboxylic acid groups (broad SMARTS) is 2. The van der Waals surface area contributed by atoms with E-state index in [4.69, 9.17) is 4.74 Å². The molecule has 0 aliphatic heterocycles. The number of aliphatic hydroxyl groups is 2. The molecular formula is C38H55NO8. The molecule has 260 valence electrons. The molecule has 9 heteroatoms. The van der Waals surface area contributed by atoms with Gasteiger partial charge >= 0.3 is 11.9 Å². The number of aliphatic hydroxyl groups excluding tert-OH is 1. The van der Waals surface area contributed by atoms with Gasteiger partial charge in [-0.3, -0.25) is 9.59 Å². The molecule has 5 N–H and O–H groups in total. The van der Waals surface area contributed by atoms with Crippen molar-refractivity contribution < 1.29 is 39.5 Å². The van der Waals surface area contributed by atoms with E-state index in [1.54, 1.807) is 30.3 Å². The predicted molar refractivity (Wildman–Crippen MR) is 184 cm³/mol. The second-order valence-electron chi connectivity index (χ2n) is 12.9. The molecule has 0 radical (unpaired) electrons. The van der Waals surface area contributed by atoms with E-state index in [0.29, 0.717) is 24.3 Å². The van der Waals surface area contributed by atoms with Gasteiger partial charge in [-0.15, -0.1) is 0 Å². The van der Waals surface area contributed by atoms with E-state index in [0.717, 1.165) is 44.1 Å². The summed E-state index contributed by atoms with van der Waals surface area (Å²) in [5, 5.41) is 43.7. The highest BCUT2D eigenvalue weighted by molar-refractivity contribution is 5.90. The van der Waals surface area contributed by atoms with Crippen LogP contribution in [0.2, 0.25) is 0 Å². The van der Waals surface area contributed by atoms with Crippen LogP contribution in [-0.2, 0) is 20.8 Å². The van der Waals surface area contributed by atoms with Gasteiger partial charge < -0.3 is 30.5 Å². The van der Waals surface area contributed by atoms with Crippen LogP contribution in [0.25, 0.3) is 0 Å². The topological polar surface area (TPSA) is 153 Å². The SMILES string of the molecule is C=C(CCCCCCC)CCCCCCC=C1C=C(O)[C@](O)(CC(=O)O)[C@H]1C(=O)N[C@@H](Cc1ccc(OCC=C(C)C)cc1)C(=O)O. The Kier molecular flexibility index (Phi) is 17.1. The Bertz CT molecular complexity index is 1270. The third-order valence-electron chi connectivity index (χ3n) is 8.46. The van der Waals surface area contributed by atoms with Crippen LogP contribution in [0.3, 0.4) is 0 Å². The molecule has 0 saturated carbocycles. The summed E-state index contributed by atoms with van der Waals surface area (Å²) in [4.78, 5) is 37.3. The van der Waals surface area contributed by atoms with Crippen molar-refractivity contribution in [1.82, 2.24) is 5.32 Å². The van der Waals surface area contributed by atoms with Gasteiger partial charge in [0.25, 0.3) is 0 Å². The summed E-state index contributed by atoms with van der Waals surface area (Å²) in [6.07, 6.45) is 16.6. The van der Waals surface area contributed by atoms with Crippen LogP contribution in [0.4, 0.5) is 0 Å². The largest absolute Gasteiger partial charge is 0.509 e. The molecule has 3 atom stereocenters. The smallest absolute Gasteiger partial charge is 0.326 e. The fraction of sp³-hybridized carbons (Fsp3) is 0.553. The summed E-state index contributed by atoms with van der Waals surface area (Å²) < 4.78 is 5.65. The first-order valence-corrected chi connectivity index (χ1v) is 17.0. The highest BCUT2D eigenvalue weighted by Gasteiger charge is 2.52. The van der Waals surface area contributed by atoms with Crippen LogP contribution in [0.1, 0.15) is 110 Å². The lowest BCUT2D eigenvalue weighted by atomic mass is 9.83. The van der Waals surface area contributed by atoms with Gasteiger partial charge in [0.2, 0.25) is 5.91 Å². The van der Waals surface area contributed by atoms with Crippen LogP contribution in [0.15, 0.2) is 71.6 Å². The van der Waals surface area contributed by atoms with Crippen LogP contribution in [0, 0.1) is 5.92 Å². The Hall–Kier alpha value is -3.85. The molecule has 0 spiro atoms. The number of carbonyl (C=O) groups is 3. The molecule has 1 aromatic rings. The fourth-order valence-corrected chi connectivity index (χ4v) is 5.72. The quantitative estimate of drug-likeness (QED) is 0.0598. The molecule has 1 aliphatic carbocycles. The normalized spacial score (nSPS) is 18.8. The minimum atomic E-state index is -2.40. The van der Waals surface area contributed by atoms with Crippen LogP contribution in [-0.4, -0.2) is 56.5 Å². The number of unbranched alkanes of at least 4 members (excludes halogenated alkanes) is 8. The summed E-state index contributed by atoms with van der Waals surface area (Å²) >= 11 is 0. The highest BCUT2D eigenvalue weighted by atomic mass is 16.5. The maximum atomic E-state index is 13.5. The first kappa shape index (κ1) is 39.3. The van der Waals surface area contributed by atoms with Crippen molar-refractivity contribution in [3.8, 4) is 5.75 Å². The second-order valence-corrected chi connectivity index (χ2v) is 12.9. The zero-order valence-electron chi connectivity index (χ0n) is 28.4. The number of benzene rings is 1. The van der Waals surface area contributed by atoms with Gasteiger partial charge in [-0.2, -0.15) is 0 Å². The first-order valence-electron chi connectivity index (χ1n) is 17.0. The van der Waals surface area contributed by atoms with Crippen molar-refractivity contribution in [2.45, 2.75) is 122 Å². The standard InChI is InChI=1S/C38H55NO8/c1-5-6-7-9-12-15-28(4)16-13-10-8-11-14-17-30-25-33(40)38(46,26-34(41)42)35(30)36(43)39-32(37(44)45)24-29-18-20-31(21-19-29)47-23-22-27(2)3/h17-22,25,32,35,40,46H,4-16,23-24,26H2,1-3H3,(H,39,43)(H,41,42)(H,44,45)/t32-,35+,38+/m0/s1. The number of allylic oxidation sites excluding steroid dienone is 4. The first-order chi connectivity index (χ1) is 22.4. The van der Waals surface area contributed by atoms with Crippen molar-refractivity contribution in [2.75, 3.05) is 6.61 Å². The average Bonchev–Trinajstić information content (AvgIpc) is 3.24. The number of carbonyl (C=O) groups excluding carboxylic acids is 1. The summed E-state index contributed by atoms with van der Waals surface area (Å²) in [5.41, 5.74) is 0.917. The molecular weight excluding hydrogens is 598 g/mol. The molecule has 1 aliphatic rings. The van der Waals surface area contributed by atoms with Gasteiger partial charge in [0.05, 0.1) is 12.3 Å². The minimum Gasteiger partial charge on any atom is -0.509 e. The molecule has 0 bridgehead atoms. The Balaban J connectivity index is 2.00. The number of aliphatic carboxylic acids is 2. The Morgan fingerprint density at radius 2 is 1.60 bits per heavy atom. The Morgan fingerprint density at radius 3 is 2.17 bits per heavy atom. The second kappa shape index (κ2) is 20.4. The number of rotatable bonds is 23. The van der Waals surface area contributed by atoms with Gasteiger partial charge in [0.1, 0.15) is 29.8 Å². The Morgan fingerprint density at radius 1 is 0.979 bits per heavy atom. The summed E-state index contributed by atoms with van der Waals surface area (Å²) in [7, 11) is 0. The lowest BCUT2D eigenvalue weighted by Gasteiger charge is -2.30. The third kappa shape index (κ3) is 13.8. The summed E-state index contributed by atoms with van der Waals surface area (Å²) in [5.74, 6) is -5.06. The lowest BCUT2D eigenvalue weighted by Crippen LogP contribution is -2.52. The van der Waals surface area contributed by atoms with Gasteiger partial charge in [0.15, 0.2) is 0 Å². The van der Waals surface area contributed by atoms with E-state index >= 15 is 0 Å². The molecule has 0 heterocycles. The van der Waals surface area contributed by atoms with Gasteiger partial charge in [-0.25, -0.2) is 4.79 Å². The zero-order valence-corrected chi connectivity index (χ0v) is 28.4. The van der Waals surface area contributed by atoms with E-state index in [1.165, 1.54) is 43.8 Å². The van der Waals surface area contributed by atoms with Crippen molar-refractivity contribution in [1.29, 1.82) is 0 Å². The van der Waals surface area contributed by atoms with E-state index in [1.807, 2.05) is 19.9 Å². The van der Waals surface area contributed by atoms with E-state index in [9.17, 15) is 34.8 Å². The number of hydrogen-bond acceptors (Lipinski definition) is 6. The highest BCUT2D eigenvalue weighted by Crippen LogP contribution is 2.41. The lowest BCUT2D eigenvalue weighted by molar-refractivity contribution is -0.148. The number of hydrogen-bond donors (Lipinski definition) is 5. The number of amides is 1. The number of carboxylic acids is 2. The third-order valence-corrected chi connectivity index (χ3v) is 8.46. The zero-order chi connectivity index (χ0) is 34.8. The number of nitrogens with one attached hydrogen (secondary N) is 1. The van der Waals surface area contributed by atoms with Gasteiger partial charge in [-0.05, 0) is 87.8 Å². The summed E-state index contributed by atoms with van der Waals surface area (Å²) in [6, 6.07) is 5.49. The van der Waals surface area contributed by atoms with E-state index in [-0.39, 0.29) is 12.0 Å².